The van der Waals surface area contributed by atoms with Crippen molar-refractivity contribution in [1.29, 1.82) is 0 Å². The van der Waals surface area contributed by atoms with Crippen LogP contribution in [0.5, 0.6) is 0 Å². The normalized spacial score (nSPS) is 13.8. The summed E-state index contributed by atoms with van der Waals surface area (Å²) in [6.45, 7) is 2.30. The summed E-state index contributed by atoms with van der Waals surface area (Å²) in [5, 5.41) is 4.43. The molecule has 1 saturated heterocycles. The van der Waals surface area contributed by atoms with Crippen LogP contribution < -0.4 is 15.8 Å². The van der Waals surface area contributed by atoms with E-state index in [-0.39, 0.29) is 17.4 Å². The van der Waals surface area contributed by atoms with Crippen LogP contribution >= 0.6 is 27.5 Å². The summed E-state index contributed by atoms with van der Waals surface area (Å²) in [5.41, 5.74) is 3.94. The van der Waals surface area contributed by atoms with Crippen LogP contribution in [0.25, 0.3) is 11.0 Å². The van der Waals surface area contributed by atoms with E-state index < -0.39 is 0 Å². The predicted octanol–water partition coefficient (Wildman–Crippen LogP) is 7.30. The predicted molar refractivity (Wildman–Crippen MR) is 170 cm³/mol. The van der Waals surface area contributed by atoms with Gasteiger partial charge in [-0.05, 0) is 60.7 Å². The Bertz CT molecular complexity index is 1850. The third-order valence-electron chi connectivity index (χ3n) is 7.07. The van der Waals surface area contributed by atoms with Crippen LogP contribution in [0, 0.1) is 0 Å². The molecule has 0 bridgehead atoms. The van der Waals surface area contributed by atoms with Gasteiger partial charge in [0.15, 0.2) is 0 Å². The first-order chi connectivity index (χ1) is 20.4. The second-order valence-corrected chi connectivity index (χ2v) is 11.2. The maximum absolute atomic E-state index is 13.8. The quantitative estimate of drug-likeness (QED) is 0.219. The Morgan fingerprint density at radius 2 is 1.60 bits per heavy atom. The molecule has 42 heavy (non-hydrogen) atoms. The molecule has 7 nitrogen and oxygen atoms in total. The van der Waals surface area contributed by atoms with E-state index in [1.54, 1.807) is 30.3 Å². The van der Waals surface area contributed by atoms with E-state index in [1.165, 1.54) is 0 Å². The highest BCUT2D eigenvalue weighted by atomic mass is 79.9. The van der Waals surface area contributed by atoms with Crippen LogP contribution in [0.1, 0.15) is 20.7 Å². The minimum atomic E-state index is -0.340. The zero-order valence-corrected chi connectivity index (χ0v) is 24.8. The van der Waals surface area contributed by atoms with Gasteiger partial charge in [0, 0.05) is 46.6 Å². The van der Waals surface area contributed by atoms with E-state index in [0.717, 1.165) is 15.5 Å². The van der Waals surface area contributed by atoms with E-state index in [0.29, 0.717) is 59.3 Å². The van der Waals surface area contributed by atoms with Crippen molar-refractivity contribution in [3.05, 3.63) is 129 Å². The second-order valence-electron chi connectivity index (χ2n) is 9.86. The summed E-state index contributed by atoms with van der Waals surface area (Å²) >= 11 is 9.64. The van der Waals surface area contributed by atoms with Gasteiger partial charge in [0.25, 0.3) is 11.8 Å². The van der Waals surface area contributed by atoms with Crippen molar-refractivity contribution >= 4 is 67.4 Å². The van der Waals surface area contributed by atoms with Gasteiger partial charge in [-0.1, -0.05) is 70.0 Å². The standard InChI is InChI=1S/C33H26BrClN4O3/c34-24-13-14-29(38-15-17-39(18-16-38)33(41)23-8-6-9-25(35)19-23)28(21-24)37-31(40)27-20-22-7-4-5-12-30(22)42-32(27)36-26-10-2-1-3-11-26/h1-14,19-21H,15-18H2,(H,37,40). The van der Waals surface area contributed by atoms with Crippen LogP contribution in [0.3, 0.4) is 0 Å². The van der Waals surface area contributed by atoms with Gasteiger partial charge in [-0.15, -0.1) is 0 Å². The molecule has 2 amide bonds. The number of nitrogens with zero attached hydrogens (tertiary/aromatic N) is 3. The molecule has 1 aromatic heterocycles. The van der Waals surface area contributed by atoms with Crippen LogP contribution in [0.2, 0.25) is 5.02 Å². The van der Waals surface area contributed by atoms with Gasteiger partial charge < -0.3 is 19.5 Å². The molecule has 0 spiro atoms. The van der Waals surface area contributed by atoms with Crippen LogP contribution in [0.4, 0.5) is 17.1 Å². The van der Waals surface area contributed by atoms with Gasteiger partial charge in [0.2, 0.25) is 5.55 Å². The van der Waals surface area contributed by atoms with Gasteiger partial charge in [-0.3, -0.25) is 9.59 Å². The molecule has 1 aliphatic heterocycles. The van der Waals surface area contributed by atoms with E-state index in [1.807, 2.05) is 77.7 Å². The lowest BCUT2D eigenvalue weighted by molar-refractivity contribution is 0.0746. The summed E-state index contributed by atoms with van der Waals surface area (Å²) in [6, 6.07) is 31.5. The Morgan fingerprint density at radius 3 is 2.38 bits per heavy atom. The number of benzene rings is 4. The third-order valence-corrected chi connectivity index (χ3v) is 7.80. The fraction of sp³-hybridized carbons (Fsp3) is 0.121. The van der Waals surface area contributed by atoms with Crippen molar-refractivity contribution in [2.45, 2.75) is 0 Å². The first kappa shape index (κ1) is 27.8. The molecule has 0 aliphatic carbocycles. The maximum Gasteiger partial charge on any atom is 0.261 e. The van der Waals surface area contributed by atoms with Crippen molar-refractivity contribution in [3.8, 4) is 0 Å². The molecule has 210 valence electrons. The summed E-state index contributed by atoms with van der Waals surface area (Å²) in [4.78, 5) is 35.5. The Labute approximate surface area is 256 Å². The van der Waals surface area contributed by atoms with Crippen LogP contribution in [-0.2, 0) is 0 Å². The Balaban J connectivity index is 1.27. The number of hydrogen-bond donors (Lipinski definition) is 1. The van der Waals surface area contributed by atoms with E-state index in [2.05, 4.69) is 31.1 Å². The molecule has 0 unspecified atom stereocenters. The lowest BCUT2D eigenvalue weighted by Crippen LogP contribution is -2.49. The molecule has 0 atom stereocenters. The molecule has 5 aromatic rings. The number of amides is 2. The maximum atomic E-state index is 13.8. The minimum absolute atomic E-state index is 0.0452. The zero-order valence-electron chi connectivity index (χ0n) is 22.5. The van der Waals surface area contributed by atoms with Crippen molar-refractivity contribution in [3.63, 3.8) is 0 Å². The molecule has 9 heteroatoms. The fourth-order valence-electron chi connectivity index (χ4n) is 4.96. The van der Waals surface area contributed by atoms with E-state index in [4.69, 9.17) is 16.0 Å². The first-order valence-corrected chi connectivity index (χ1v) is 14.6. The van der Waals surface area contributed by atoms with E-state index >= 15 is 0 Å². The van der Waals surface area contributed by atoms with Crippen LogP contribution in [0.15, 0.2) is 117 Å². The number of hydrogen-bond acceptors (Lipinski definition) is 5. The van der Waals surface area contributed by atoms with Crippen molar-refractivity contribution < 1.29 is 14.0 Å². The second kappa shape index (κ2) is 12.2. The highest BCUT2D eigenvalue weighted by Crippen LogP contribution is 2.31. The number of nitrogens with one attached hydrogen (secondary N) is 1. The summed E-state index contributed by atoms with van der Waals surface area (Å²) in [5.74, 6) is -0.385. The number of carbonyl (C=O) groups excluding carboxylic acids is 2. The highest BCUT2D eigenvalue weighted by Gasteiger charge is 2.25. The number of halogens is 2. The van der Waals surface area contributed by atoms with Gasteiger partial charge in [0.05, 0.1) is 17.1 Å². The molecule has 0 radical (unpaired) electrons. The van der Waals surface area contributed by atoms with Gasteiger partial charge in [-0.2, -0.15) is 0 Å². The van der Waals surface area contributed by atoms with E-state index in [9.17, 15) is 9.59 Å². The molecule has 1 N–H and O–H groups in total. The largest absolute Gasteiger partial charge is 0.438 e. The zero-order chi connectivity index (χ0) is 29.1. The molecule has 4 aromatic carbocycles. The number of carbonyl (C=O) groups is 2. The topological polar surface area (TPSA) is 78.2 Å². The fourth-order valence-corrected chi connectivity index (χ4v) is 5.51. The lowest BCUT2D eigenvalue weighted by Gasteiger charge is -2.37. The summed E-state index contributed by atoms with van der Waals surface area (Å²) in [6.07, 6.45) is 0. The van der Waals surface area contributed by atoms with Crippen molar-refractivity contribution in [2.75, 3.05) is 36.4 Å². The number of piperazine rings is 1. The molecule has 2 heterocycles. The minimum Gasteiger partial charge on any atom is -0.438 e. The average Bonchev–Trinajstić information content (AvgIpc) is 3.01. The first-order valence-electron chi connectivity index (χ1n) is 13.5. The van der Waals surface area contributed by atoms with Crippen molar-refractivity contribution in [1.82, 2.24) is 4.90 Å². The number of anilines is 2. The lowest BCUT2D eigenvalue weighted by atomic mass is 10.1. The van der Waals surface area contributed by atoms with Gasteiger partial charge >= 0.3 is 0 Å². The number of rotatable bonds is 5. The monoisotopic (exact) mass is 640 g/mol. The van der Waals surface area contributed by atoms with Crippen molar-refractivity contribution in [2.24, 2.45) is 4.99 Å². The molecule has 0 saturated carbocycles. The number of fused-ring (bicyclic) bond motifs is 1. The van der Waals surface area contributed by atoms with Crippen LogP contribution in [-0.4, -0.2) is 42.9 Å². The van der Waals surface area contributed by atoms with Gasteiger partial charge in [-0.25, -0.2) is 4.99 Å². The molecule has 1 fully saturated rings. The average molecular weight is 642 g/mol. The number of para-hydroxylation sites is 2. The third kappa shape index (κ3) is 6.10. The smallest absolute Gasteiger partial charge is 0.261 e. The molecular formula is C33H26BrClN4O3. The Kier molecular flexibility index (Phi) is 8.08. The molecule has 1 aliphatic rings. The summed E-state index contributed by atoms with van der Waals surface area (Å²) in [7, 11) is 0. The summed E-state index contributed by atoms with van der Waals surface area (Å²) < 4.78 is 6.94. The van der Waals surface area contributed by atoms with Gasteiger partial charge in [0.1, 0.15) is 11.1 Å². The Morgan fingerprint density at radius 1 is 0.833 bits per heavy atom. The Hall–Kier alpha value is -4.40. The highest BCUT2D eigenvalue weighted by molar-refractivity contribution is 9.10. The SMILES string of the molecule is O=C(Nc1cc(Br)ccc1N1CCN(C(=O)c2cccc(Cl)c2)CC1)c1cc2ccccc2oc1=Nc1ccccc1. The molecular weight excluding hydrogens is 616 g/mol. The molecule has 6 rings (SSSR count).